The molecule has 3 aromatic rings. The number of amides is 1. The number of nitrogens with one attached hydrogen (secondary N) is 1. The summed E-state index contributed by atoms with van der Waals surface area (Å²) in [5.41, 5.74) is 3.42. The van der Waals surface area contributed by atoms with E-state index in [4.69, 9.17) is 16.3 Å². The standard InChI is InChI=1S/C25H20BrClN2O2/c1-2-17-7-10-21(11-8-17)29-25(30)20(15-28)13-18-9-12-24(22(26)14-18)31-16-19-5-3-4-6-23(19)27/h3-14H,2,16H2,1H3,(H,29,30)/b20-13+. The summed E-state index contributed by atoms with van der Waals surface area (Å²) >= 11 is 9.65. The van der Waals surface area contributed by atoms with E-state index in [2.05, 4.69) is 28.2 Å². The average molecular weight is 496 g/mol. The van der Waals surface area contributed by atoms with Crippen LogP contribution in [0.2, 0.25) is 5.02 Å². The number of carbonyl (C=O) groups is 1. The summed E-state index contributed by atoms with van der Waals surface area (Å²) in [5.74, 6) is 0.179. The Balaban J connectivity index is 1.70. The fraction of sp³-hybridized carbons (Fsp3) is 0.120. The van der Waals surface area contributed by atoms with E-state index in [1.807, 2.05) is 54.6 Å². The smallest absolute Gasteiger partial charge is 0.266 e. The van der Waals surface area contributed by atoms with Gasteiger partial charge in [0.1, 0.15) is 24.0 Å². The van der Waals surface area contributed by atoms with Crippen molar-refractivity contribution in [3.8, 4) is 11.8 Å². The average Bonchev–Trinajstić information content (AvgIpc) is 2.78. The van der Waals surface area contributed by atoms with Crippen molar-refractivity contribution in [1.29, 1.82) is 5.26 Å². The minimum absolute atomic E-state index is 0.0104. The number of nitrogens with zero attached hydrogens (tertiary/aromatic N) is 1. The molecule has 0 spiro atoms. The molecule has 0 aromatic heterocycles. The summed E-state index contributed by atoms with van der Waals surface area (Å²) in [6.45, 7) is 2.39. The van der Waals surface area contributed by atoms with E-state index >= 15 is 0 Å². The predicted octanol–water partition coefficient (Wildman–Crippen LogP) is 6.79. The van der Waals surface area contributed by atoms with E-state index in [1.165, 1.54) is 5.56 Å². The van der Waals surface area contributed by atoms with Gasteiger partial charge in [0.25, 0.3) is 5.91 Å². The second-order valence-corrected chi connectivity index (χ2v) is 8.01. The van der Waals surface area contributed by atoms with Crippen LogP contribution in [0.5, 0.6) is 5.75 Å². The molecule has 0 unspecified atom stereocenters. The van der Waals surface area contributed by atoms with E-state index in [9.17, 15) is 10.1 Å². The first-order valence-electron chi connectivity index (χ1n) is 9.68. The molecule has 4 nitrogen and oxygen atoms in total. The topological polar surface area (TPSA) is 62.1 Å². The first-order valence-corrected chi connectivity index (χ1v) is 10.8. The summed E-state index contributed by atoms with van der Waals surface area (Å²) in [6.07, 6.45) is 2.46. The number of carbonyl (C=O) groups excluding carboxylic acids is 1. The molecule has 0 aliphatic carbocycles. The molecule has 156 valence electrons. The van der Waals surface area contributed by atoms with Crippen LogP contribution in [-0.4, -0.2) is 5.91 Å². The Morgan fingerprint density at radius 3 is 2.55 bits per heavy atom. The second kappa shape index (κ2) is 10.8. The molecule has 1 N–H and O–H groups in total. The van der Waals surface area contributed by atoms with Gasteiger partial charge >= 0.3 is 0 Å². The van der Waals surface area contributed by atoms with Gasteiger partial charge in [-0.2, -0.15) is 5.26 Å². The van der Waals surface area contributed by atoms with Gasteiger partial charge in [-0.05, 0) is 69.9 Å². The molecule has 0 bridgehead atoms. The molecular formula is C25H20BrClN2O2. The maximum absolute atomic E-state index is 12.5. The van der Waals surface area contributed by atoms with Crippen LogP contribution in [0, 0.1) is 11.3 Å². The first kappa shape index (κ1) is 22.6. The van der Waals surface area contributed by atoms with Gasteiger partial charge in [0.05, 0.1) is 4.47 Å². The summed E-state index contributed by atoms with van der Waals surface area (Å²) in [5, 5.41) is 12.9. The number of nitriles is 1. The number of hydrogen-bond acceptors (Lipinski definition) is 3. The van der Waals surface area contributed by atoms with Crippen molar-refractivity contribution in [2.75, 3.05) is 5.32 Å². The Bertz CT molecular complexity index is 1150. The molecular weight excluding hydrogens is 476 g/mol. The molecule has 0 saturated heterocycles. The van der Waals surface area contributed by atoms with Gasteiger partial charge in [0, 0.05) is 16.3 Å². The lowest BCUT2D eigenvalue weighted by molar-refractivity contribution is -0.112. The number of rotatable bonds is 7. The van der Waals surface area contributed by atoms with Gasteiger partial charge in [0.2, 0.25) is 0 Å². The van der Waals surface area contributed by atoms with E-state index in [1.54, 1.807) is 24.3 Å². The summed E-state index contributed by atoms with van der Waals surface area (Å²) in [7, 11) is 0. The summed E-state index contributed by atoms with van der Waals surface area (Å²) < 4.78 is 6.55. The lowest BCUT2D eigenvalue weighted by Gasteiger charge is -2.10. The third kappa shape index (κ3) is 6.21. The summed E-state index contributed by atoms with van der Waals surface area (Å²) in [6, 6.07) is 22.4. The number of hydrogen-bond donors (Lipinski definition) is 1. The molecule has 0 saturated carbocycles. The van der Waals surface area contributed by atoms with Crippen molar-refractivity contribution in [3.63, 3.8) is 0 Å². The number of halogens is 2. The zero-order chi connectivity index (χ0) is 22.2. The van der Waals surface area contributed by atoms with Crippen molar-refractivity contribution < 1.29 is 9.53 Å². The van der Waals surface area contributed by atoms with Crippen molar-refractivity contribution in [1.82, 2.24) is 0 Å². The monoisotopic (exact) mass is 494 g/mol. The van der Waals surface area contributed by atoms with E-state index in [0.29, 0.717) is 33.1 Å². The molecule has 0 aliphatic rings. The predicted molar refractivity (Wildman–Crippen MR) is 128 cm³/mol. The Kier molecular flexibility index (Phi) is 7.88. The Morgan fingerprint density at radius 1 is 1.16 bits per heavy atom. The third-order valence-electron chi connectivity index (χ3n) is 4.59. The lowest BCUT2D eigenvalue weighted by atomic mass is 10.1. The number of anilines is 1. The van der Waals surface area contributed by atoms with Crippen LogP contribution in [0.3, 0.4) is 0 Å². The SMILES string of the molecule is CCc1ccc(NC(=O)/C(C#N)=C/c2ccc(OCc3ccccc3Cl)c(Br)c2)cc1. The largest absolute Gasteiger partial charge is 0.488 e. The van der Waals surface area contributed by atoms with Crippen molar-refractivity contribution in [2.24, 2.45) is 0 Å². The number of ether oxygens (including phenoxy) is 1. The van der Waals surface area contributed by atoms with Crippen LogP contribution in [0.15, 0.2) is 76.8 Å². The quantitative estimate of drug-likeness (QED) is 0.290. The van der Waals surface area contributed by atoms with Crippen molar-refractivity contribution in [2.45, 2.75) is 20.0 Å². The molecule has 0 fully saturated rings. The fourth-order valence-electron chi connectivity index (χ4n) is 2.83. The highest BCUT2D eigenvalue weighted by Crippen LogP contribution is 2.28. The Labute approximate surface area is 195 Å². The van der Waals surface area contributed by atoms with Crippen molar-refractivity contribution >= 4 is 45.2 Å². The van der Waals surface area contributed by atoms with Crippen LogP contribution in [0.1, 0.15) is 23.6 Å². The molecule has 3 aromatic carbocycles. The highest BCUT2D eigenvalue weighted by Gasteiger charge is 2.11. The van der Waals surface area contributed by atoms with Gasteiger partial charge < -0.3 is 10.1 Å². The first-order chi connectivity index (χ1) is 15.0. The number of benzene rings is 3. The molecule has 0 radical (unpaired) electrons. The van der Waals surface area contributed by atoms with Crippen LogP contribution in [0.4, 0.5) is 5.69 Å². The van der Waals surface area contributed by atoms with Crippen molar-refractivity contribution in [3.05, 3.63) is 98.5 Å². The highest BCUT2D eigenvalue weighted by molar-refractivity contribution is 9.10. The Hall–Kier alpha value is -3.07. The van der Waals surface area contributed by atoms with Crippen LogP contribution < -0.4 is 10.1 Å². The molecule has 1 amide bonds. The van der Waals surface area contributed by atoms with E-state index in [0.717, 1.165) is 12.0 Å². The third-order valence-corrected chi connectivity index (χ3v) is 5.58. The van der Waals surface area contributed by atoms with E-state index < -0.39 is 5.91 Å². The molecule has 31 heavy (non-hydrogen) atoms. The minimum atomic E-state index is -0.457. The molecule has 0 atom stereocenters. The van der Waals surface area contributed by atoms with Gasteiger partial charge in [-0.15, -0.1) is 0 Å². The second-order valence-electron chi connectivity index (χ2n) is 6.74. The highest BCUT2D eigenvalue weighted by atomic mass is 79.9. The lowest BCUT2D eigenvalue weighted by Crippen LogP contribution is -2.13. The van der Waals surface area contributed by atoms with Crippen LogP contribution >= 0.6 is 27.5 Å². The Morgan fingerprint density at radius 2 is 1.90 bits per heavy atom. The maximum Gasteiger partial charge on any atom is 0.266 e. The van der Waals surface area contributed by atoms with Gasteiger partial charge in [-0.25, -0.2) is 0 Å². The zero-order valence-electron chi connectivity index (χ0n) is 16.9. The molecule has 3 rings (SSSR count). The van der Waals surface area contributed by atoms with Gasteiger partial charge in [-0.1, -0.05) is 54.9 Å². The summed E-state index contributed by atoms with van der Waals surface area (Å²) in [4.78, 5) is 12.5. The molecule has 6 heteroatoms. The minimum Gasteiger partial charge on any atom is -0.488 e. The van der Waals surface area contributed by atoms with Crippen LogP contribution in [-0.2, 0) is 17.8 Å². The molecule has 0 heterocycles. The maximum atomic E-state index is 12.5. The van der Waals surface area contributed by atoms with E-state index in [-0.39, 0.29) is 5.57 Å². The fourth-order valence-corrected chi connectivity index (χ4v) is 3.53. The normalized spacial score (nSPS) is 11.0. The van der Waals surface area contributed by atoms with Gasteiger partial charge in [-0.3, -0.25) is 4.79 Å². The zero-order valence-corrected chi connectivity index (χ0v) is 19.2. The van der Waals surface area contributed by atoms with Crippen LogP contribution in [0.25, 0.3) is 6.08 Å². The molecule has 0 aliphatic heterocycles. The van der Waals surface area contributed by atoms with Gasteiger partial charge in [0.15, 0.2) is 0 Å². The number of aryl methyl sites for hydroxylation is 1.